The van der Waals surface area contributed by atoms with Gasteiger partial charge in [0.2, 0.25) is 5.91 Å². The van der Waals surface area contributed by atoms with Crippen LogP contribution in [0, 0.1) is 0 Å². The standard InChI is InChI=1S/C22H20BrN3O3/c1-3-29-21(28)19-17(14-24-22(23)25-19)26(2)20(27)18(15-10-6-4-7-11-15)16-12-8-5-9-13-16/h4-14,18H,3H2,1-2H3. The van der Waals surface area contributed by atoms with Crippen LogP contribution >= 0.6 is 15.9 Å². The molecule has 1 heterocycles. The Morgan fingerprint density at radius 1 is 1.03 bits per heavy atom. The van der Waals surface area contributed by atoms with Crippen LogP contribution in [-0.4, -0.2) is 35.5 Å². The highest BCUT2D eigenvalue weighted by Gasteiger charge is 2.29. The predicted octanol–water partition coefficient (Wildman–Crippen LogP) is 4.21. The summed E-state index contributed by atoms with van der Waals surface area (Å²) in [4.78, 5) is 35.6. The lowest BCUT2D eigenvalue weighted by atomic mass is 9.90. The minimum absolute atomic E-state index is 0.0319. The van der Waals surface area contributed by atoms with Crippen molar-refractivity contribution in [2.24, 2.45) is 0 Å². The zero-order valence-electron chi connectivity index (χ0n) is 16.1. The van der Waals surface area contributed by atoms with Gasteiger partial charge in [-0.25, -0.2) is 14.8 Å². The van der Waals surface area contributed by atoms with E-state index in [0.717, 1.165) is 11.1 Å². The number of amides is 1. The van der Waals surface area contributed by atoms with Crippen molar-refractivity contribution in [2.75, 3.05) is 18.6 Å². The fourth-order valence-corrected chi connectivity index (χ4v) is 3.31. The third-order valence-electron chi connectivity index (χ3n) is 4.41. The van der Waals surface area contributed by atoms with Crippen LogP contribution in [0.15, 0.2) is 71.6 Å². The van der Waals surface area contributed by atoms with Gasteiger partial charge in [0, 0.05) is 7.05 Å². The third-order valence-corrected chi connectivity index (χ3v) is 4.80. The first-order valence-corrected chi connectivity index (χ1v) is 9.89. The number of ether oxygens (including phenoxy) is 1. The number of benzene rings is 2. The molecule has 3 rings (SSSR count). The van der Waals surface area contributed by atoms with Crippen LogP contribution in [0.5, 0.6) is 0 Å². The van der Waals surface area contributed by atoms with E-state index in [1.165, 1.54) is 11.1 Å². The molecule has 7 heteroatoms. The summed E-state index contributed by atoms with van der Waals surface area (Å²) < 4.78 is 5.34. The first-order chi connectivity index (χ1) is 14.0. The Kier molecular flexibility index (Phi) is 6.72. The van der Waals surface area contributed by atoms with Crippen molar-refractivity contribution in [1.82, 2.24) is 9.97 Å². The molecule has 6 nitrogen and oxygen atoms in total. The van der Waals surface area contributed by atoms with Crippen molar-refractivity contribution < 1.29 is 14.3 Å². The largest absolute Gasteiger partial charge is 0.461 e. The molecule has 0 aliphatic carbocycles. The molecule has 1 amide bonds. The minimum Gasteiger partial charge on any atom is -0.461 e. The zero-order chi connectivity index (χ0) is 20.8. The Hall–Kier alpha value is -3.06. The average molecular weight is 454 g/mol. The smallest absolute Gasteiger partial charge is 0.359 e. The van der Waals surface area contributed by atoms with Gasteiger partial charge in [-0.1, -0.05) is 60.7 Å². The van der Waals surface area contributed by atoms with E-state index in [1.807, 2.05) is 60.7 Å². The molecule has 0 unspecified atom stereocenters. The average Bonchev–Trinajstić information content (AvgIpc) is 2.75. The molecule has 3 aromatic rings. The van der Waals surface area contributed by atoms with Crippen LogP contribution in [0.2, 0.25) is 0 Å². The SMILES string of the molecule is CCOC(=O)c1nc(Br)ncc1N(C)C(=O)C(c1ccccc1)c1ccccc1. The molecular weight excluding hydrogens is 434 g/mol. The van der Waals surface area contributed by atoms with Gasteiger partial charge < -0.3 is 9.64 Å². The lowest BCUT2D eigenvalue weighted by molar-refractivity contribution is -0.118. The van der Waals surface area contributed by atoms with Crippen LogP contribution < -0.4 is 4.90 Å². The number of nitrogens with zero attached hydrogens (tertiary/aromatic N) is 3. The van der Waals surface area contributed by atoms with E-state index in [0.29, 0.717) is 0 Å². The zero-order valence-corrected chi connectivity index (χ0v) is 17.7. The van der Waals surface area contributed by atoms with Gasteiger partial charge in [-0.2, -0.15) is 0 Å². The van der Waals surface area contributed by atoms with E-state index in [-0.39, 0.29) is 28.6 Å². The van der Waals surface area contributed by atoms with Gasteiger partial charge in [0.05, 0.1) is 24.4 Å². The highest BCUT2D eigenvalue weighted by Crippen LogP contribution is 2.29. The molecule has 0 aliphatic rings. The van der Waals surface area contributed by atoms with E-state index in [4.69, 9.17) is 4.74 Å². The van der Waals surface area contributed by atoms with Crippen LogP contribution in [0.4, 0.5) is 5.69 Å². The van der Waals surface area contributed by atoms with E-state index < -0.39 is 11.9 Å². The maximum absolute atomic E-state index is 13.6. The monoisotopic (exact) mass is 453 g/mol. The van der Waals surface area contributed by atoms with E-state index in [2.05, 4.69) is 25.9 Å². The van der Waals surface area contributed by atoms with Crippen LogP contribution in [0.25, 0.3) is 0 Å². The maximum Gasteiger partial charge on any atom is 0.359 e. The fourth-order valence-electron chi connectivity index (χ4n) is 3.03. The molecule has 29 heavy (non-hydrogen) atoms. The summed E-state index contributed by atoms with van der Waals surface area (Å²) in [5, 5.41) is 0. The Morgan fingerprint density at radius 3 is 2.10 bits per heavy atom. The van der Waals surface area contributed by atoms with Crippen molar-refractivity contribution >= 4 is 33.5 Å². The quantitative estimate of drug-likeness (QED) is 0.412. The molecule has 0 fully saturated rings. The van der Waals surface area contributed by atoms with E-state index in [1.54, 1.807) is 14.0 Å². The summed E-state index contributed by atoms with van der Waals surface area (Å²) in [6.07, 6.45) is 1.44. The molecule has 2 aromatic carbocycles. The number of rotatable bonds is 6. The summed E-state index contributed by atoms with van der Waals surface area (Å²) in [6, 6.07) is 19.0. The van der Waals surface area contributed by atoms with Crippen molar-refractivity contribution in [3.05, 3.63) is 88.4 Å². The Labute approximate surface area is 177 Å². The van der Waals surface area contributed by atoms with Crippen LogP contribution in [0.1, 0.15) is 34.5 Å². The number of hydrogen-bond acceptors (Lipinski definition) is 5. The number of likely N-dealkylation sites (N-methyl/N-ethyl adjacent to an activating group) is 1. The number of esters is 1. The summed E-state index contributed by atoms with van der Waals surface area (Å²) in [7, 11) is 1.61. The molecule has 0 bridgehead atoms. The molecule has 0 spiro atoms. The first-order valence-electron chi connectivity index (χ1n) is 9.10. The number of carbonyl (C=O) groups is 2. The first kappa shape index (κ1) is 20.7. The second-order valence-corrected chi connectivity index (χ2v) is 6.95. The maximum atomic E-state index is 13.6. The van der Waals surface area contributed by atoms with Gasteiger partial charge in [-0.15, -0.1) is 0 Å². The van der Waals surface area contributed by atoms with Crippen molar-refractivity contribution in [3.8, 4) is 0 Å². The molecular formula is C22H20BrN3O3. The van der Waals surface area contributed by atoms with Crippen LogP contribution in [0.3, 0.4) is 0 Å². The predicted molar refractivity (Wildman–Crippen MR) is 114 cm³/mol. The van der Waals surface area contributed by atoms with E-state index >= 15 is 0 Å². The third kappa shape index (κ3) is 4.68. The minimum atomic E-state index is -0.610. The summed E-state index contributed by atoms with van der Waals surface area (Å²) in [6.45, 7) is 1.91. The Balaban J connectivity index is 2.04. The lowest BCUT2D eigenvalue weighted by Gasteiger charge is -2.25. The molecule has 0 aliphatic heterocycles. The Morgan fingerprint density at radius 2 is 1.59 bits per heavy atom. The molecule has 0 saturated heterocycles. The molecule has 0 radical (unpaired) electrons. The number of aromatic nitrogens is 2. The van der Waals surface area contributed by atoms with Crippen LogP contribution in [-0.2, 0) is 9.53 Å². The topological polar surface area (TPSA) is 72.4 Å². The number of halogens is 1. The van der Waals surface area contributed by atoms with E-state index in [9.17, 15) is 9.59 Å². The molecule has 148 valence electrons. The van der Waals surface area contributed by atoms with Crippen molar-refractivity contribution in [1.29, 1.82) is 0 Å². The summed E-state index contributed by atoms with van der Waals surface area (Å²) in [5.74, 6) is -1.36. The molecule has 1 aromatic heterocycles. The number of anilines is 1. The van der Waals surface area contributed by atoms with Gasteiger partial charge in [-0.3, -0.25) is 4.79 Å². The second kappa shape index (κ2) is 9.43. The van der Waals surface area contributed by atoms with Gasteiger partial charge in [0.25, 0.3) is 0 Å². The summed E-state index contributed by atoms with van der Waals surface area (Å²) >= 11 is 3.17. The number of hydrogen-bond donors (Lipinski definition) is 0. The molecule has 0 atom stereocenters. The van der Waals surface area contributed by atoms with Gasteiger partial charge >= 0.3 is 5.97 Å². The fraction of sp³-hybridized carbons (Fsp3) is 0.182. The number of carbonyl (C=O) groups excluding carboxylic acids is 2. The van der Waals surface area contributed by atoms with Crippen molar-refractivity contribution in [3.63, 3.8) is 0 Å². The second-order valence-electron chi connectivity index (χ2n) is 6.24. The highest BCUT2D eigenvalue weighted by atomic mass is 79.9. The lowest BCUT2D eigenvalue weighted by Crippen LogP contribution is -2.34. The van der Waals surface area contributed by atoms with Gasteiger partial charge in [0.15, 0.2) is 10.4 Å². The molecule has 0 N–H and O–H groups in total. The normalized spacial score (nSPS) is 10.6. The Bertz CT molecular complexity index is 957. The summed E-state index contributed by atoms with van der Waals surface area (Å²) in [5.41, 5.74) is 2.02. The van der Waals surface area contributed by atoms with Crippen molar-refractivity contribution in [2.45, 2.75) is 12.8 Å². The van der Waals surface area contributed by atoms with Gasteiger partial charge in [-0.05, 0) is 34.0 Å². The molecule has 0 saturated carbocycles. The van der Waals surface area contributed by atoms with Gasteiger partial charge in [0.1, 0.15) is 0 Å². The highest BCUT2D eigenvalue weighted by molar-refractivity contribution is 9.10.